The van der Waals surface area contributed by atoms with Crippen molar-refractivity contribution >= 4 is 14.4 Å². The summed E-state index contributed by atoms with van der Waals surface area (Å²) in [5, 5.41) is 2.45. The molecule has 0 aromatic carbocycles. The van der Waals surface area contributed by atoms with Gasteiger partial charge < -0.3 is 0 Å². The van der Waals surface area contributed by atoms with Gasteiger partial charge in [-0.1, -0.05) is 0 Å². The number of hydrogen-bond acceptors (Lipinski definition) is 3. The van der Waals surface area contributed by atoms with Crippen LogP contribution in [0.5, 0.6) is 0 Å². The van der Waals surface area contributed by atoms with Crippen LogP contribution in [0.1, 0.15) is 0 Å². The van der Waals surface area contributed by atoms with Crippen LogP contribution in [0, 0.1) is 0 Å². The molecule has 0 saturated heterocycles. The Morgan fingerprint density at radius 2 is 2.44 bits per heavy atom. The molecule has 0 aliphatic rings. The number of aromatic nitrogens is 2. The van der Waals surface area contributed by atoms with E-state index in [0.29, 0.717) is 5.82 Å². The molecule has 4 nitrogen and oxygen atoms in total. The molecular formula is C4H4N3OP. The van der Waals surface area contributed by atoms with Crippen molar-refractivity contribution in [3.63, 3.8) is 0 Å². The quantitative estimate of drug-likeness (QED) is 0.626. The molecule has 0 saturated carbocycles. The highest BCUT2D eigenvalue weighted by molar-refractivity contribution is 7.25. The third kappa shape index (κ3) is 1.74. The lowest BCUT2D eigenvalue weighted by Gasteiger charge is -1.89. The van der Waals surface area contributed by atoms with Gasteiger partial charge in [-0.05, 0) is 0 Å². The molecule has 1 N–H and O–H groups in total. The van der Waals surface area contributed by atoms with E-state index < -0.39 is 0 Å². The molecule has 0 spiro atoms. The van der Waals surface area contributed by atoms with E-state index in [1.807, 2.05) is 0 Å². The first-order valence-corrected chi connectivity index (χ1v) is 3.09. The molecular weight excluding hydrogens is 137 g/mol. The van der Waals surface area contributed by atoms with Gasteiger partial charge in [-0.25, -0.2) is 9.55 Å². The van der Waals surface area contributed by atoms with E-state index in [1.165, 1.54) is 12.4 Å². The topological polar surface area (TPSA) is 54.9 Å². The highest BCUT2D eigenvalue weighted by atomic mass is 31.1. The molecule has 0 aliphatic carbocycles. The second-order valence-corrected chi connectivity index (χ2v) is 1.70. The molecule has 1 rings (SSSR count). The standard InChI is InChI=1S/C4H4N3OP/c8-9-7-4-3-5-1-2-6-4/h1-3H,(H,6,7,8). The summed E-state index contributed by atoms with van der Waals surface area (Å²) in [4.78, 5) is 7.52. The SMILES string of the molecule is O=PNc1cnccn1. The Hall–Kier alpha value is -1.02. The molecule has 1 heterocycles. The Morgan fingerprint density at radius 3 is 3.00 bits per heavy atom. The van der Waals surface area contributed by atoms with Gasteiger partial charge in [0.15, 0.2) is 5.82 Å². The van der Waals surface area contributed by atoms with E-state index in [4.69, 9.17) is 0 Å². The Bertz CT molecular complexity index is 190. The average Bonchev–Trinajstić information content (AvgIpc) is 1.91. The van der Waals surface area contributed by atoms with Crippen molar-refractivity contribution in [3.8, 4) is 0 Å². The van der Waals surface area contributed by atoms with Gasteiger partial charge in [-0.3, -0.25) is 10.1 Å². The van der Waals surface area contributed by atoms with E-state index in [0.717, 1.165) is 0 Å². The summed E-state index contributed by atoms with van der Waals surface area (Å²) in [5.41, 5.74) is 0. The van der Waals surface area contributed by atoms with E-state index in [2.05, 4.69) is 15.1 Å². The van der Waals surface area contributed by atoms with Crippen molar-refractivity contribution < 1.29 is 4.57 Å². The summed E-state index contributed by atoms with van der Waals surface area (Å²) in [6.07, 6.45) is 4.56. The molecule has 0 bridgehead atoms. The summed E-state index contributed by atoms with van der Waals surface area (Å²) in [6.45, 7) is 0. The third-order valence-electron chi connectivity index (χ3n) is 0.723. The molecule has 0 amide bonds. The summed E-state index contributed by atoms with van der Waals surface area (Å²) < 4.78 is 9.89. The van der Waals surface area contributed by atoms with Gasteiger partial charge in [0.25, 0.3) is 8.61 Å². The van der Waals surface area contributed by atoms with Crippen molar-refractivity contribution in [1.82, 2.24) is 9.97 Å². The lowest BCUT2D eigenvalue weighted by atomic mass is 10.7. The minimum absolute atomic E-state index is 0.158. The molecule has 9 heavy (non-hydrogen) atoms. The lowest BCUT2D eigenvalue weighted by Crippen LogP contribution is -1.84. The van der Waals surface area contributed by atoms with Crippen LogP contribution in [-0.4, -0.2) is 9.97 Å². The van der Waals surface area contributed by atoms with Crippen molar-refractivity contribution in [2.24, 2.45) is 0 Å². The summed E-state index contributed by atoms with van der Waals surface area (Å²) in [7, 11) is -0.158. The predicted octanol–water partition coefficient (Wildman–Crippen LogP) is 1.10. The van der Waals surface area contributed by atoms with Crippen molar-refractivity contribution in [3.05, 3.63) is 18.6 Å². The van der Waals surface area contributed by atoms with Gasteiger partial charge in [0.05, 0.1) is 6.20 Å². The first-order chi connectivity index (χ1) is 4.43. The minimum atomic E-state index is -0.158. The predicted molar refractivity (Wildman–Crippen MR) is 33.3 cm³/mol. The van der Waals surface area contributed by atoms with E-state index in [9.17, 15) is 4.57 Å². The molecule has 0 atom stereocenters. The molecule has 0 radical (unpaired) electrons. The highest BCUT2D eigenvalue weighted by Crippen LogP contribution is 2.01. The van der Waals surface area contributed by atoms with Crippen molar-refractivity contribution in [2.75, 3.05) is 5.09 Å². The summed E-state index contributed by atoms with van der Waals surface area (Å²) >= 11 is 0. The normalized spacial score (nSPS) is 9.33. The zero-order valence-corrected chi connectivity index (χ0v) is 5.38. The molecule has 0 unspecified atom stereocenters. The summed E-state index contributed by atoms with van der Waals surface area (Å²) in [6, 6.07) is 0. The van der Waals surface area contributed by atoms with E-state index in [-0.39, 0.29) is 8.61 Å². The fraction of sp³-hybridized carbons (Fsp3) is 0. The van der Waals surface area contributed by atoms with Crippen LogP contribution in [-0.2, 0) is 4.57 Å². The lowest BCUT2D eigenvalue weighted by molar-refractivity contribution is 0.601. The molecule has 1 aromatic heterocycles. The third-order valence-corrected chi connectivity index (χ3v) is 1.04. The van der Waals surface area contributed by atoms with Crippen LogP contribution in [0.2, 0.25) is 0 Å². The molecule has 0 aliphatic heterocycles. The minimum Gasteiger partial charge on any atom is -0.288 e. The second-order valence-electron chi connectivity index (χ2n) is 1.29. The van der Waals surface area contributed by atoms with E-state index in [1.54, 1.807) is 6.20 Å². The first kappa shape index (κ1) is 6.11. The number of nitrogens with one attached hydrogen (secondary N) is 1. The Morgan fingerprint density at radius 1 is 1.56 bits per heavy atom. The van der Waals surface area contributed by atoms with Crippen LogP contribution in [0.3, 0.4) is 0 Å². The number of anilines is 1. The maximum atomic E-state index is 9.89. The monoisotopic (exact) mass is 141 g/mol. The fourth-order valence-corrected chi connectivity index (χ4v) is 0.613. The van der Waals surface area contributed by atoms with Gasteiger partial charge in [0.1, 0.15) is 0 Å². The number of rotatable bonds is 2. The molecule has 0 fully saturated rings. The van der Waals surface area contributed by atoms with Crippen molar-refractivity contribution in [2.45, 2.75) is 0 Å². The first-order valence-electron chi connectivity index (χ1n) is 2.28. The highest BCUT2D eigenvalue weighted by Gasteiger charge is 1.85. The Kier molecular flexibility index (Phi) is 2.10. The molecule has 1 aromatic rings. The zero-order valence-electron chi connectivity index (χ0n) is 4.48. The largest absolute Gasteiger partial charge is 0.288 e. The fourth-order valence-electron chi connectivity index (χ4n) is 0.404. The maximum absolute atomic E-state index is 9.89. The van der Waals surface area contributed by atoms with Crippen LogP contribution < -0.4 is 5.09 Å². The number of hydrogen-bond donors (Lipinski definition) is 1. The maximum Gasteiger partial charge on any atom is 0.280 e. The molecule has 5 heteroatoms. The van der Waals surface area contributed by atoms with Crippen LogP contribution in [0.15, 0.2) is 18.6 Å². The van der Waals surface area contributed by atoms with Gasteiger partial charge in [0, 0.05) is 12.4 Å². The van der Waals surface area contributed by atoms with E-state index >= 15 is 0 Å². The van der Waals surface area contributed by atoms with Crippen LogP contribution in [0.25, 0.3) is 0 Å². The molecule has 46 valence electrons. The van der Waals surface area contributed by atoms with Crippen LogP contribution in [0.4, 0.5) is 5.82 Å². The second kappa shape index (κ2) is 3.10. The summed E-state index contributed by atoms with van der Waals surface area (Å²) in [5.74, 6) is 0.508. The van der Waals surface area contributed by atoms with Crippen LogP contribution >= 0.6 is 8.61 Å². The average molecular weight is 141 g/mol. The zero-order chi connectivity index (χ0) is 6.53. The van der Waals surface area contributed by atoms with Gasteiger partial charge in [-0.15, -0.1) is 0 Å². The van der Waals surface area contributed by atoms with Gasteiger partial charge in [-0.2, -0.15) is 0 Å². The Labute approximate surface area is 53.6 Å². The van der Waals surface area contributed by atoms with Gasteiger partial charge in [0.2, 0.25) is 0 Å². The smallest absolute Gasteiger partial charge is 0.280 e. The van der Waals surface area contributed by atoms with Gasteiger partial charge >= 0.3 is 0 Å². The van der Waals surface area contributed by atoms with Crippen molar-refractivity contribution in [1.29, 1.82) is 0 Å². The Balaban J connectivity index is 2.72. The number of nitrogens with zero attached hydrogens (tertiary/aromatic N) is 2.